The van der Waals surface area contributed by atoms with Crippen LogP contribution < -0.4 is 4.74 Å². The van der Waals surface area contributed by atoms with Crippen molar-refractivity contribution in [2.45, 2.75) is 12.8 Å². The molecule has 1 unspecified atom stereocenters. The van der Waals surface area contributed by atoms with Crippen LogP contribution in [0.5, 0.6) is 17.2 Å². The van der Waals surface area contributed by atoms with E-state index in [2.05, 4.69) is 31.9 Å². The first-order valence-electron chi connectivity index (χ1n) is 6.56. The van der Waals surface area contributed by atoms with E-state index in [1.54, 1.807) is 25.1 Å². The summed E-state index contributed by atoms with van der Waals surface area (Å²) in [4.78, 5) is 11.7. The van der Waals surface area contributed by atoms with E-state index in [-0.39, 0.29) is 17.6 Å². The van der Waals surface area contributed by atoms with Gasteiger partial charge in [-0.3, -0.25) is 4.79 Å². The molecule has 2 rings (SSSR count). The first-order chi connectivity index (χ1) is 10.8. The summed E-state index contributed by atoms with van der Waals surface area (Å²) >= 11 is 8.97. The number of carbonyl (C=O) groups is 1. The molecule has 0 aromatic heterocycles. The third-order valence-corrected chi connectivity index (χ3v) is 5.26. The SMILES string of the molecule is COC(=O)C(C)c1cc(Br)c(Oc2ccc(O)c(I)c2)c(Br)c1. The normalized spacial score (nSPS) is 11.9. The predicted molar refractivity (Wildman–Crippen MR) is 103 cm³/mol. The zero-order valence-corrected chi connectivity index (χ0v) is 17.6. The fourth-order valence-electron chi connectivity index (χ4n) is 1.91. The Labute approximate surface area is 164 Å². The van der Waals surface area contributed by atoms with Crippen LogP contribution >= 0.6 is 54.5 Å². The second-order valence-electron chi connectivity index (χ2n) is 4.77. The third kappa shape index (κ3) is 4.39. The number of phenolic OH excluding ortho intramolecular Hbond substituents is 1. The first-order valence-corrected chi connectivity index (χ1v) is 9.23. The van der Waals surface area contributed by atoms with Gasteiger partial charge in [0.1, 0.15) is 11.5 Å². The number of benzene rings is 2. The van der Waals surface area contributed by atoms with Crippen molar-refractivity contribution in [2.75, 3.05) is 7.11 Å². The van der Waals surface area contributed by atoms with Crippen molar-refractivity contribution in [1.29, 1.82) is 0 Å². The molecule has 0 spiro atoms. The van der Waals surface area contributed by atoms with Crippen LogP contribution in [0.4, 0.5) is 0 Å². The number of hydrogen-bond donors (Lipinski definition) is 1. The summed E-state index contributed by atoms with van der Waals surface area (Å²) in [6, 6.07) is 8.65. The van der Waals surface area contributed by atoms with Crippen LogP contribution in [-0.4, -0.2) is 18.2 Å². The second kappa shape index (κ2) is 7.85. The third-order valence-electron chi connectivity index (χ3n) is 3.21. The molecule has 122 valence electrons. The average molecular weight is 556 g/mol. The number of rotatable bonds is 4. The van der Waals surface area contributed by atoms with E-state index >= 15 is 0 Å². The van der Waals surface area contributed by atoms with Crippen molar-refractivity contribution in [3.63, 3.8) is 0 Å². The Hall–Kier alpha value is -0.800. The van der Waals surface area contributed by atoms with Crippen LogP contribution in [-0.2, 0) is 9.53 Å². The molecule has 7 heteroatoms. The van der Waals surface area contributed by atoms with Crippen LogP contribution in [0.3, 0.4) is 0 Å². The summed E-state index contributed by atoms with van der Waals surface area (Å²) in [5.74, 6) is 0.717. The molecular weight excluding hydrogens is 543 g/mol. The quantitative estimate of drug-likeness (QED) is 0.395. The smallest absolute Gasteiger partial charge is 0.312 e. The maximum Gasteiger partial charge on any atom is 0.312 e. The molecule has 4 nitrogen and oxygen atoms in total. The van der Waals surface area contributed by atoms with Crippen molar-refractivity contribution in [2.24, 2.45) is 0 Å². The van der Waals surface area contributed by atoms with Gasteiger partial charge < -0.3 is 14.6 Å². The Kier molecular flexibility index (Phi) is 6.33. The van der Waals surface area contributed by atoms with Crippen molar-refractivity contribution < 1.29 is 19.4 Å². The van der Waals surface area contributed by atoms with E-state index in [1.165, 1.54) is 7.11 Å². The molecule has 23 heavy (non-hydrogen) atoms. The van der Waals surface area contributed by atoms with Gasteiger partial charge in [0.25, 0.3) is 0 Å². The van der Waals surface area contributed by atoms with E-state index in [1.807, 2.05) is 34.7 Å². The molecule has 2 aromatic rings. The lowest BCUT2D eigenvalue weighted by molar-refractivity contribution is -0.141. The highest BCUT2D eigenvalue weighted by atomic mass is 127. The number of ether oxygens (including phenoxy) is 2. The summed E-state index contributed by atoms with van der Waals surface area (Å²) in [7, 11) is 1.37. The number of aromatic hydroxyl groups is 1. The molecule has 0 amide bonds. The maximum atomic E-state index is 11.7. The summed E-state index contributed by atoms with van der Waals surface area (Å²) in [5, 5.41) is 9.57. The van der Waals surface area contributed by atoms with Crippen LogP contribution in [0.1, 0.15) is 18.4 Å². The lowest BCUT2D eigenvalue weighted by atomic mass is 10.0. The van der Waals surface area contributed by atoms with E-state index in [4.69, 9.17) is 9.47 Å². The minimum absolute atomic E-state index is 0.207. The molecule has 0 aliphatic carbocycles. The van der Waals surface area contributed by atoms with Gasteiger partial charge in [-0.15, -0.1) is 0 Å². The molecule has 0 saturated carbocycles. The van der Waals surface area contributed by atoms with Gasteiger partial charge in [-0.25, -0.2) is 0 Å². The van der Waals surface area contributed by atoms with Crippen molar-refractivity contribution >= 4 is 60.4 Å². The summed E-state index contributed by atoms with van der Waals surface area (Å²) in [6.07, 6.45) is 0. The molecule has 0 saturated heterocycles. The molecule has 0 fully saturated rings. The second-order valence-corrected chi connectivity index (χ2v) is 7.64. The maximum absolute atomic E-state index is 11.7. The fourth-order valence-corrected chi connectivity index (χ4v) is 3.78. The van der Waals surface area contributed by atoms with E-state index in [9.17, 15) is 9.90 Å². The van der Waals surface area contributed by atoms with Crippen molar-refractivity contribution in [3.8, 4) is 17.2 Å². The van der Waals surface area contributed by atoms with Gasteiger partial charge >= 0.3 is 5.97 Å². The first kappa shape index (κ1) is 18.5. The molecule has 0 radical (unpaired) electrons. The molecule has 0 aliphatic heterocycles. The summed E-state index contributed by atoms with van der Waals surface area (Å²) < 4.78 is 12.8. The zero-order chi connectivity index (χ0) is 17.1. The molecule has 0 bridgehead atoms. The topological polar surface area (TPSA) is 55.8 Å². The van der Waals surface area contributed by atoms with Gasteiger partial charge in [0, 0.05) is 0 Å². The van der Waals surface area contributed by atoms with E-state index in [0.717, 1.165) is 5.56 Å². The standard InChI is InChI=1S/C16H13Br2IO4/c1-8(16(21)22-2)9-5-11(17)15(12(18)6-9)23-10-3-4-14(20)13(19)7-10/h3-8,20H,1-2H3. The lowest BCUT2D eigenvalue weighted by Crippen LogP contribution is -2.10. The summed E-state index contributed by atoms with van der Waals surface area (Å²) in [6.45, 7) is 1.78. The largest absolute Gasteiger partial charge is 0.507 e. The molecular formula is C16H13Br2IO4. The minimum Gasteiger partial charge on any atom is -0.507 e. The minimum atomic E-state index is -0.378. The number of methoxy groups -OCH3 is 1. The van der Waals surface area contributed by atoms with Gasteiger partial charge in [0.15, 0.2) is 5.75 Å². The predicted octanol–water partition coefficient (Wildman–Crippen LogP) is 5.59. The number of halogens is 3. The average Bonchev–Trinajstić information content (AvgIpc) is 2.52. The van der Waals surface area contributed by atoms with Crippen molar-refractivity contribution in [3.05, 3.63) is 48.4 Å². The van der Waals surface area contributed by atoms with E-state index in [0.29, 0.717) is 24.0 Å². The fraction of sp³-hybridized carbons (Fsp3) is 0.188. The van der Waals surface area contributed by atoms with Crippen molar-refractivity contribution in [1.82, 2.24) is 0 Å². The van der Waals surface area contributed by atoms with Gasteiger partial charge in [0.2, 0.25) is 0 Å². The molecule has 0 heterocycles. The van der Waals surface area contributed by atoms with E-state index < -0.39 is 0 Å². The van der Waals surface area contributed by atoms with Crippen LogP contribution in [0.2, 0.25) is 0 Å². The lowest BCUT2D eigenvalue weighted by Gasteiger charge is -2.15. The molecule has 0 aliphatic rings. The molecule has 1 N–H and O–H groups in total. The van der Waals surface area contributed by atoms with Gasteiger partial charge in [0.05, 0.1) is 25.5 Å². The Morgan fingerprint density at radius 2 is 1.83 bits per heavy atom. The highest BCUT2D eigenvalue weighted by Gasteiger charge is 2.19. The highest BCUT2D eigenvalue weighted by molar-refractivity contribution is 14.1. The van der Waals surface area contributed by atoms with Gasteiger partial charge in [-0.1, -0.05) is 0 Å². The Morgan fingerprint density at radius 3 is 2.35 bits per heavy atom. The number of phenols is 1. The zero-order valence-electron chi connectivity index (χ0n) is 12.3. The Balaban J connectivity index is 2.33. The monoisotopic (exact) mass is 554 g/mol. The number of carbonyl (C=O) groups excluding carboxylic acids is 1. The molecule has 2 aromatic carbocycles. The van der Waals surface area contributed by atoms with Gasteiger partial charge in [-0.2, -0.15) is 0 Å². The number of esters is 1. The number of hydrogen-bond acceptors (Lipinski definition) is 4. The Bertz CT molecular complexity index is 726. The van der Waals surface area contributed by atoms with Crippen LogP contribution in [0.25, 0.3) is 0 Å². The Morgan fingerprint density at radius 1 is 1.22 bits per heavy atom. The summed E-state index contributed by atoms with van der Waals surface area (Å²) in [5.41, 5.74) is 0.809. The van der Waals surface area contributed by atoms with Gasteiger partial charge in [-0.05, 0) is 97.3 Å². The highest BCUT2D eigenvalue weighted by Crippen LogP contribution is 2.40. The van der Waals surface area contributed by atoms with Crippen LogP contribution in [0, 0.1) is 3.57 Å². The molecule has 1 atom stereocenters. The van der Waals surface area contributed by atoms with Crippen LogP contribution in [0.15, 0.2) is 39.3 Å².